The van der Waals surface area contributed by atoms with Gasteiger partial charge in [0.05, 0.1) is 17.2 Å². The molecule has 0 radical (unpaired) electrons. The van der Waals surface area contributed by atoms with E-state index in [4.69, 9.17) is 10.00 Å². The summed E-state index contributed by atoms with van der Waals surface area (Å²) in [5.74, 6) is -0.366. The van der Waals surface area contributed by atoms with E-state index in [1.54, 1.807) is 30.3 Å². The van der Waals surface area contributed by atoms with Crippen molar-refractivity contribution in [2.45, 2.75) is 26.2 Å². The Morgan fingerprint density at radius 2 is 2.14 bits per heavy atom. The molecule has 0 saturated heterocycles. The molecule has 0 saturated carbocycles. The van der Waals surface area contributed by atoms with Crippen LogP contribution in [-0.2, 0) is 22.4 Å². The number of nitrogens with zero attached hydrogens (tertiary/aromatic N) is 1. The van der Waals surface area contributed by atoms with Crippen LogP contribution in [0.5, 0.6) is 0 Å². The zero-order valence-corrected chi connectivity index (χ0v) is 16.1. The topological polar surface area (TPSA) is 95.0 Å². The molecule has 2 aromatic carbocycles. The summed E-state index contributed by atoms with van der Waals surface area (Å²) in [7, 11) is 0. The summed E-state index contributed by atoms with van der Waals surface area (Å²) in [6, 6.07) is 14.0. The summed E-state index contributed by atoms with van der Waals surface area (Å²) in [6.07, 6.45) is 3.19. The first-order valence-corrected chi connectivity index (χ1v) is 9.64. The van der Waals surface area contributed by atoms with Crippen LogP contribution in [0.4, 0.5) is 5.69 Å². The van der Waals surface area contributed by atoms with Crippen molar-refractivity contribution in [1.29, 1.82) is 5.26 Å². The third-order valence-electron chi connectivity index (χ3n) is 5.28. The molecule has 1 amide bonds. The summed E-state index contributed by atoms with van der Waals surface area (Å²) in [6.45, 7) is 1.85. The molecule has 1 aliphatic rings. The van der Waals surface area contributed by atoms with Crippen LogP contribution in [0, 0.1) is 17.2 Å². The highest BCUT2D eigenvalue weighted by Crippen LogP contribution is 2.32. The van der Waals surface area contributed by atoms with E-state index >= 15 is 0 Å². The Labute approximate surface area is 168 Å². The molecule has 1 heterocycles. The predicted molar refractivity (Wildman–Crippen MR) is 110 cm³/mol. The normalized spacial score (nSPS) is 15.4. The van der Waals surface area contributed by atoms with E-state index in [1.165, 1.54) is 17.7 Å². The van der Waals surface area contributed by atoms with Crippen LogP contribution in [0.25, 0.3) is 10.9 Å². The van der Waals surface area contributed by atoms with Gasteiger partial charge in [-0.2, -0.15) is 5.26 Å². The Morgan fingerprint density at radius 1 is 1.28 bits per heavy atom. The summed E-state index contributed by atoms with van der Waals surface area (Å²) in [5, 5.41) is 12.6. The molecule has 6 heteroatoms. The number of aromatic nitrogens is 1. The number of amides is 1. The highest BCUT2D eigenvalue weighted by atomic mass is 16.5. The number of hydrogen-bond donors (Lipinski definition) is 2. The maximum atomic E-state index is 12.4. The number of rotatable bonds is 4. The van der Waals surface area contributed by atoms with E-state index in [-0.39, 0.29) is 0 Å². The van der Waals surface area contributed by atoms with E-state index in [0.29, 0.717) is 22.7 Å². The number of fused-ring (bicyclic) bond motifs is 3. The lowest BCUT2D eigenvalue weighted by molar-refractivity contribution is -0.119. The van der Waals surface area contributed by atoms with E-state index in [0.717, 1.165) is 23.7 Å². The average molecular weight is 387 g/mol. The Bertz CT molecular complexity index is 1140. The lowest BCUT2D eigenvalue weighted by Gasteiger charge is -2.18. The van der Waals surface area contributed by atoms with Gasteiger partial charge >= 0.3 is 5.97 Å². The maximum Gasteiger partial charge on any atom is 0.338 e. The van der Waals surface area contributed by atoms with Gasteiger partial charge in [0.1, 0.15) is 0 Å². The van der Waals surface area contributed by atoms with Gasteiger partial charge in [-0.3, -0.25) is 4.79 Å². The summed E-state index contributed by atoms with van der Waals surface area (Å²) >= 11 is 0. The summed E-state index contributed by atoms with van der Waals surface area (Å²) in [5.41, 5.74) is 4.91. The van der Waals surface area contributed by atoms with Crippen LogP contribution in [0.3, 0.4) is 0 Å². The molecule has 146 valence electrons. The second-order valence-corrected chi connectivity index (χ2v) is 7.51. The third kappa shape index (κ3) is 3.99. The molecule has 0 aliphatic heterocycles. The van der Waals surface area contributed by atoms with Crippen molar-refractivity contribution in [1.82, 2.24) is 4.98 Å². The molecule has 3 aromatic rings. The largest absolute Gasteiger partial charge is 0.452 e. The Kier molecular flexibility index (Phi) is 5.05. The second kappa shape index (κ2) is 7.80. The predicted octanol–water partition coefficient (Wildman–Crippen LogP) is 3.96. The van der Waals surface area contributed by atoms with E-state index < -0.39 is 18.5 Å². The van der Waals surface area contributed by atoms with E-state index in [1.807, 2.05) is 18.2 Å². The van der Waals surface area contributed by atoms with Gasteiger partial charge in [-0.15, -0.1) is 0 Å². The van der Waals surface area contributed by atoms with Gasteiger partial charge < -0.3 is 15.0 Å². The quantitative estimate of drug-likeness (QED) is 0.663. The number of hydrogen-bond acceptors (Lipinski definition) is 4. The fraction of sp³-hybridized carbons (Fsp3) is 0.261. The SMILES string of the molecule is C[C@@H]1CCc2[nH]c3ccc(C(=O)OCC(=O)Nc4cccc(C#N)c4)cc3c2C1. The number of nitrogens with one attached hydrogen (secondary N) is 2. The van der Waals surface area contributed by atoms with E-state index in [2.05, 4.69) is 17.2 Å². The van der Waals surface area contributed by atoms with Gasteiger partial charge in [0.15, 0.2) is 6.61 Å². The van der Waals surface area contributed by atoms with Gasteiger partial charge in [0.2, 0.25) is 0 Å². The highest BCUT2D eigenvalue weighted by Gasteiger charge is 2.21. The number of aryl methyl sites for hydroxylation is 1. The molecule has 1 aromatic heterocycles. The molecule has 1 atom stereocenters. The Hall–Kier alpha value is -3.59. The molecular weight excluding hydrogens is 366 g/mol. The zero-order valence-electron chi connectivity index (χ0n) is 16.1. The first-order chi connectivity index (χ1) is 14.0. The molecular formula is C23H21N3O3. The first-order valence-electron chi connectivity index (χ1n) is 9.64. The molecule has 4 rings (SSSR count). The first kappa shape index (κ1) is 18.8. The van der Waals surface area contributed by atoms with Crippen LogP contribution in [0.2, 0.25) is 0 Å². The minimum Gasteiger partial charge on any atom is -0.452 e. The van der Waals surface area contributed by atoms with Crippen LogP contribution in [0.1, 0.15) is 40.5 Å². The van der Waals surface area contributed by atoms with Crippen molar-refractivity contribution < 1.29 is 14.3 Å². The van der Waals surface area contributed by atoms with Gasteiger partial charge in [-0.1, -0.05) is 13.0 Å². The van der Waals surface area contributed by atoms with Gasteiger partial charge in [-0.25, -0.2) is 4.79 Å². The summed E-state index contributed by atoms with van der Waals surface area (Å²) in [4.78, 5) is 28.0. The highest BCUT2D eigenvalue weighted by molar-refractivity contribution is 5.98. The Morgan fingerprint density at radius 3 is 2.97 bits per heavy atom. The van der Waals surface area contributed by atoms with Gasteiger partial charge in [0, 0.05) is 22.3 Å². The van der Waals surface area contributed by atoms with Crippen LogP contribution in [0.15, 0.2) is 42.5 Å². The molecule has 1 aliphatic carbocycles. The standard InChI is InChI=1S/C23H21N3O3/c1-14-5-7-20-18(9-14)19-11-16(6-8-21(19)26-20)23(28)29-13-22(27)25-17-4-2-3-15(10-17)12-24/h2-4,6,8,10-11,14,26H,5,7,9,13H2,1H3,(H,25,27)/t14-/m1/s1. The minimum absolute atomic E-state index is 0.393. The monoisotopic (exact) mass is 387 g/mol. The number of ether oxygens (including phenoxy) is 1. The lowest BCUT2D eigenvalue weighted by atomic mass is 9.87. The number of esters is 1. The molecule has 0 fully saturated rings. The molecule has 0 unspecified atom stereocenters. The van der Waals surface area contributed by atoms with Gasteiger partial charge in [-0.05, 0) is 67.1 Å². The van der Waals surface area contributed by atoms with Crippen molar-refractivity contribution in [3.63, 3.8) is 0 Å². The number of aromatic amines is 1. The van der Waals surface area contributed by atoms with Crippen molar-refractivity contribution in [3.8, 4) is 6.07 Å². The van der Waals surface area contributed by atoms with Crippen molar-refractivity contribution in [3.05, 3.63) is 64.8 Å². The number of carbonyl (C=O) groups is 2. The van der Waals surface area contributed by atoms with Crippen LogP contribution >= 0.6 is 0 Å². The fourth-order valence-electron chi connectivity index (χ4n) is 3.80. The van der Waals surface area contributed by atoms with Crippen molar-refractivity contribution in [2.75, 3.05) is 11.9 Å². The number of nitriles is 1. The fourth-order valence-corrected chi connectivity index (χ4v) is 3.80. The molecule has 0 spiro atoms. The second-order valence-electron chi connectivity index (χ2n) is 7.51. The number of anilines is 1. The average Bonchev–Trinajstić information content (AvgIpc) is 3.09. The molecule has 2 N–H and O–H groups in total. The maximum absolute atomic E-state index is 12.4. The Balaban J connectivity index is 1.43. The number of H-pyrrole nitrogens is 1. The van der Waals surface area contributed by atoms with Crippen LogP contribution in [-0.4, -0.2) is 23.5 Å². The minimum atomic E-state index is -0.536. The number of carbonyl (C=O) groups excluding carboxylic acids is 2. The number of benzene rings is 2. The molecule has 0 bridgehead atoms. The summed E-state index contributed by atoms with van der Waals surface area (Å²) < 4.78 is 5.18. The molecule has 6 nitrogen and oxygen atoms in total. The lowest BCUT2D eigenvalue weighted by Crippen LogP contribution is -2.21. The van der Waals surface area contributed by atoms with Crippen molar-refractivity contribution in [2.24, 2.45) is 5.92 Å². The van der Waals surface area contributed by atoms with Gasteiger partial charge in [0.25, 0.3) is 5.91 Å². The van der Waals surface area contributed by atoms with E-state index in [9.17, 15) is 9.59 Å². The van der Waals surface area contributed by atoms with Crippen molar-refractivity contribution >= 4 is 28.5 Å². The van der Waals surface area contributed by atoms with Crippen LogP contribution < -0.4 is 5.32 Å². The zero-order chi connectivity index (χ0) is 20.4. The third-order valence-corrected chi connectivity index (χ3v) is 5.28. The smallest absolute Gasteiger partial charge is 0.338 e. The molecule has 29 heavy (non-hydrogen) atoms.